The van der Waals surface area contributed by atoms with E-state index in [9.17, 15) is 38.4 Å². The lowest BCUT2D eigenvalue weighted by atomic mass is 9.91. The lowest BCUT2D eigenvalue weighted by Crippen LogP contribution is -2.32. The SMILES string of the molecule is CCC(C)(C)C(=O)O.CCCCC(CC)COC(=O)CCCCCOC(=O)CCCCCOC(=O)CCCCCOC(=O)CCCCCOC(=O)CCCCCOC(=O)NCCOC(=O)C(C)(C)CC. The van der Waals surface area contributed by atoms with Crippen molar-refractivity contribution in [1.82, 2.24) is 5.32 Å². The Labute approximate surface area is 420 Å². The van der Waals surface area contributed by atoms with Crippen LogP contribution in [-0.4, -0.2) is 106 Å². The van der Waals surface area contributed by atoms with Gasteiger partial charge in [0.2, 0.25) is 0 Å². The number of carboxylic acids is 1. The zero-order valence-corrected chi connectivity index (χ0v) is 44.7. The van der Waals surface area contributed by atoms with E-state index < -0.39 is 22.9 Å². The number of amides is 1. The lowest BCUT2D eigenvalue weighted by Gasteiger charge is -2.20. The van der Waals surface area contributed by atoms with Crippen LogP contribution in [-0.2, 0) is 66.7 Å². The van der Waals surface area contributed by atoms with Gasteiger partial charge in [0.25, 0.3) is 0 Å². The average molecular weight is 1000 g/mol. The fourth-order valence-corrected chi connectivity index (χ4v) is 5.96. The molecule has 0 radical (unpaired) electrons. The van der Waals surface area contributed by atoms with Crippen LogP contribution in [0.2, 0.25) is 0 Å². The molecule has 0 aliphatic rings. The van der Waals surface area contributed by atoms with Gasteiger partial charge in [0.05, 0.1) is 57.0 Å². The maximum absolute atomic E-state index is 12.0. The molecule has 70 heavy (non-hydrogen) atoms. The van der Waals surface area contributed by atoms with E-state index in [1.54, 1.807) is 27.7 Å². The first-order valence-electron chi connectivity index (χ1n) is 26.4. The Kier molecular flexibility index (Phi) is 43.0. The number of hydrogen-bond acceptors (Lipinski definition) is 15. The molecule has 0 aromatic rings. The number of carbonyl (C=O) groups is 8. The predicted molar refractivity (Wildman–Crippen MR) is 267 cm³/mol. The van der Waals surface area contributed by atoms with Gasteiger partial charge in [-0.15, -0.1) is 0 Å². The van der Waals surface area contributed by atoms with Crippen LogP contribution in [0, 0.1) is 16.7 Å². The summed E-state index contributed by atoms with van der Waals surface area (Å²) in [6.45, 7) is 17.4. The van der Waals surface area contributed by atoms with Gasteiger partial charge in [-0.3, -0.25) is 33.6 Å². The number of carboxylic acid groups (broad SMARTS) is 1. The highest BCUT2D eigenvalue weighted by molar-refractivity contribution is 5.76. The zero-order chi connectivity index (χ0) is 52.9. The summed E-state index contributed by atoms with van der Waals surface area (Å²) >= 11 is 0. The summed E-state index contributed by atoms with van der Waals surface area (Å²) in [5, 5.41) is 11.0. The molecule has 0 rings (SSSR count). The van der Waals surface area contributed by atoms with E-state index in [-0.39, 0.29) is 62.0 Å². The molecule has 0 aromatic carbocycles. The second kappa shape index (κ2) is 44.5. The van der Waals surface area contributed by atoms with Crippen LogP contribution in [0.25, 0.3) is 0 Å². The molecule has 1 atom stereocenters. The molecule has 0 heterocycles. The van der Waals surface area contributed by atoms with E-state index >= 15 is 0 Å². The molecule has 0 aliphatic carbocycles. The van der Waals surface area contributed by atoms with Crippen LogP contribution in [0.4, 0.5) is 4.79 Å². The minimum absolute atomic E-state index is 0.0796. The van der Waals surface area contributed by atoms with Gasteiger partial charge in [0, 0.05) is 32.1 Å². The molecule has 17 heteroatoms. The number of alkyl carbamates (subject to hydrolysis) is 1. The average Bonchev–Trinajstić information content (AvgIpc) is 3.33. The van der Waals surface area contributed by atoms with Crippen molar-refractivity contribution in [3.05, 3.63) is 0 Å². The van der Waals surface area contributed by atoms with Crippen LogP contribution in [0.1, 0.15) is 222 Å². The van der Waals surface area contributed by atoms with Crippen molar-refractivity contribution < 1.29 is 76.6 Å². The third-order valence-electron chi connectivity index (χ3n) is 11.9. The Bertz CT molecular complexity index is 1430. The molecule has 0 spiro atoms. The molecule has 0 saturated heterocycles. The summed E-state index contributed by atoms with van der Waals surface area (Å²) in [4.78, 5) is 93.8. The number of aliphatic carboxylic acids is 1. The van der Waals surface area contributed by atoms with Crippen molar-refractivity contribution in [2.45, 2.75) is 222 Å². The molecular weight excluding hydrogens is 907 g/mol. The molecule has 0 aliphatic heterocycles. The van der Waals surface area contributed by atoms with E-state index in [1.165, 1.54) is 0 Å². The number of carbonyl (C=O) groups excluding carboxylic acids is 7. The molecule has 0 saturated carbocycles. The van der Waals surface area contributed by atoms with Gasteiger partial charge in [0.15, 0.2) is 0 Å². The van der Waals surface area contributed by atoms with Gasteiger partial charge in [-0.2, -0.15) is 0 Å². The number of hydrogen-bond donors (Lipinski definition) is 2. The fourth-order valence-electron chi connectivity index (χ4n) is 5.96. The van der Waals surface area contributed by atoms with Crippen LogP contribution < -0.4 is 5.32 Å². The smallest absolute Gasteiger partial charge is 0.407 e. The molecule has 17 nitrogen and oxygen atoms in total. The predicted octanol–water partition coefficient (Wildman–Crippen LogP) is 10.9. The first-order valence-corrected chi connectivity index (χ1v) is 26.4. The molecule has 1 unspecified atom stereocenters. The Morgan fingerprint density at radius 1 is 0.429 bits per heavy atom. The van der Waals surface area contributed by atoms with Gasteiger partial charge >= 0.3 is 47.9 Å². The Balaban J connectivity index is 0. The number of esters is 6. The maximum Gasteiger partial charge on any atom is 0.407 e. The van der Waals surface area contributed by atoms with E-state index in [1.807, 2.05) is 13.8 Å². The minimum Gasteiger partial charge on any atom is -0.481 e. The third kappa shape index (κ3) is 42.4. The molecule has 0 fully saturated rings. The van der Waals surface area contributed by atoms with E-state index in [0.717, 1.165) is 64.2 Å². The molecule has 408 valence electrons. The van der Waals surface area contributed by atoms with Gasteiger partial charge < -0.3 is 43.6 Å². The highest BCUT2D eigenvalue weighted by Crippen LogP contribution is 2.21. The third-order valence-corrected chi connectivity index (χ3v) is 11.9. The summed E-state index contributed by atoms with van der Waals surface area (Å²) in [7, 11) is 0. The van der Waals surface area contributed by atoms with Crippen LogP contribution in [0.15, 0.2) is 0 Å². The number of nitrogens with one attached hydrogen (secondary N) is 1. The number of ether oxygens (including phenoxy) is 7. The van der Waals surface area contributed by atoms with E-state index in [4.69, 9.17) is 38.3 Å². The standard InChI is InChI=1S/C47H83NO14.C6H12O2/c1-6-9-25-39(7-2)38-62-44(53)30-19-13-23-35-59-42(51)28-17-11-21-33-57-40(49)26-15-10-20-32-56-41(50)27-16-12-22-34-58-43(52)29-18-14-24-36-61-46(55)48-31-37-60-45(54)47(4,5)8-3;1-4-6(2,3)5(7)8/h39H,6-38H2,1-5H3,(H,48,55);4H2,1-3H3,(H,7,8). The van der Waals surface area contributed by atoms with Crippen LogP contribution in [0.5, 0.6) is 0 Å². The highest BCUT2D eigenvalue weighted by Gasteiger charge is 2.27. The molecule has 2 N–H and O–H groups in total. The van der Waals surface area contributed by atoms with Crippen molar-refractivity contribution in [2.24, 2.45) is 16.7 Å². The largest absolute Gasteiger partial charge is 0.481 e. The Morgan fingerprint density at radius 2 is 0.786 bits per heavy atom. The van der Waals surface area contributed by atoms with E-state index in [0.29, 0.717) is 135 Å². The van der Waals surface area contributed by atoms with Crippen LogP contribution >= 0.6 is 0 Å². The minimum atomic E-state index is -0.722. The first-order chi connectivity index (χ1) is 33.3. The fraction of sp³-hybridized carbons (Fsp3) is 0.849. The summed E-state index contributed by atoms with van der Waals surface area (Å²) < 4.78 is 36.8. The van der Waals surface area contributed by atoms with Gasteiger partial charge in [-0.05, 0) is 149 Å². The van der Waals surface area contributed by atoms with Crippen LogP contribution in [0.3, 0.4) is 0 Å². The Hall–Kier alpha value is -4.44. The molecule has 1 amide bonds. The number of rotatable bonds is 43. The van der Waals surface area contributed by atoms with Gasteiger partial charge in [-0.25, -0.2) is 4.79 Å². The van der Waals surface area contributed by atoms with Gasteiger partial charge in [-0.1, -0.05) is 47.0 Å². The quantitative estimate of drug-likeness (QED) is 0.0328. The van der Waals surface area contributed by atoms with Crippen molar-refractivity contribution in [2.75, 3.05) is 52.8 Å². The summed E-state index contributed by atoms with van der Waals surface area (Å²) in [6, 6.07) is 0. The van der Waals surface area contributed by atoms with Crippen molar-refractivity contribution in [3.63, 3.8) is 0 Å². The topological polar surface area (TPSA) is 233 Å². The Morgan fingerprint density at radius 3 is 1.10 bits per heavy atom. The van der Waals surface area contributed by atoms with Crippen molar-refractivity contribution in [1.29, 1.82) is 0 Å². The summed E-state index contributed by atoms with van der Waals surface area (Å²) in [5.41, 5.74) is -1.10. The van der Waals surface area contributed by atoms with Crippen molar-refractivity contribution in [3.8, 4) is 0 Å². The molecule has 0 bridgehead atoms. The molecule has 0 aromatic heterocycles. The monoisotopic (exact) mass is 1000 g/mol. The normalized spacial score (nSPS) is 11.5. The van der Waals surface area contributed by atoms with Gasteiger partial charge in [0.1, 0.15) is 6.61 Å². The van der Waals surface area contributed by atoms with E-state index in [2.05, 4.69) is 19.2 Å². The number of unbranched alkanes of at least 4 members (excludes halogenated alkanes) is 11. The lowest BCUT2D eigenvalue weighted by molar-refractivity contribution is -0.154. The zero-order valence-electron chi connectivity index (χ0n) is 44.7. The summed E-state index contributed by atoms with van der Waals surface area (Å²) in [5.74, 6) is -1.77. The maximum atomic E-state index is 12.0. The first kappa shape index (κ1) is 67.6. The molecular formula is C53H95NO16. The van der Waals surface area contributed by atoms with Crippen molar-refractivity contribution >= 4 is 47.9 Å². The second-order valence-electron chi connectivity index (χ2n) is 19.0. The summed E-state index contributed by atoms with van der Waals surface area (Å²) in [6.07, 6.45) is 17.2. The highest BCUT2D eigenvalue weighted by atomic mass is 16.6. The second-order valence-corrected chi connectivity index (χ2v) is 19.0.